The van der Waals surface area contributed by atoms with E-state index in [0.29, 0.717) is 5.56 Å². The Hall–Kier alpha value is -1.34. The second-order valence-corrected chi connectivity index (χ2v) is 5.46. The quantitative estimate of drug-likeness (QED) is 0.770. The van der Waals surface area contributed by atoms with E-state index >= 15 is 0 Å². The van der Waals surface area contributed by atoms with Gasteiger partial charge in [-0.15, -0.1) is 0 Å². The molecule has 0 amide bonds. The van der Waals surface area contributed by atoms with Crippen molar-refractivity contribution in [3.8, 4) is 0 Å². The first kappa shape index (κ1) is 12.7. The van der Waals surface area contributed by atoms with Crippen LogP contribution in [0.2, 0.25) is 0 Å². The minimum atomic E-state index is -3.30. The van der Waals surface area contributed by atoms with Crippen LogP contribution in [0.15, 0.2) is 18.5 Å². The molecular formula is C9H14N2O4S. The summed E-state index contributed by atoms with van der Waals surface area (Å²) in [5.41, 5.74) is 6.35. The molecule has 3 N–H and O–H groups in total. The molecule has 0 spiro atoms. The van der Waals surface area contributed by atoms with Gasteiger partial charge in [0.15, 0.2) is 0 Å². The first-order chi connectivity index (χ1) is 7.30. The predicted octanol–water partition coefficient (Wildman–Crippen LogP) is 0.160. The number of hydrogen-bond acceptors (Lipinski definition) is 4. The maximum absolute atomic E-state index is 11.2. The number of nitrogens with two attached hydrogens (primary N) is 1. The van der Waals surface area contributed by atoms with Crippen LogP contribution in [0.25, 0.3) is 0 Å². The Morgan fingerprint density at radius 2 is 2.25 bits per heavy atom. The smallest absolute Gasteiger partial charge is 0.303 e. The van der Waals surface area contributed by atoms with E-state index in [1.165, 1.54) is 12.4 Å². The molecule has 0 fully saturated rings. The van der Waals surface area contributed by atoms with E-state index in [1.807, 2.05) is 0 Å². The molecule has 1 aromatic heterocycles. The Morgan fingerprint density at radius 1 is 1.62 bits per heavy atom. The van der Waals surface area contributed by atoms with Crippen molar-refractivity contribution in [3.63, 3.8) is 0 Å². The van der Waals surface area contributed by atoms with Gasteiger partial charge in [-0.25, -0.2) is 8.42 Å². The summed E-state index contributed by atoms with van der Waals surface area (Å²) in [7, 11) is -3.30. The van der Waals surface area contributed by atoms with Crippen LogP contribution in [0.1, 0.15) is 24.4 Å². The van der Waals surface area contributed by atoms with Gasteiger partial charge < -0.3 is 10.8 Å². The van der Waals surface area contributed by atoms with Crippen molar-refractivity contribution >= 4 is 16.0 Å². The third-order valence-electron chi connectivity index (χ3n) is 2.17. The van der Waals surface area contributed by atoms with Crippen molar-refractivity contribution in [2.24, 2.45) is 5.73 Å². The van der Waals surface area contributed by atoms with Gasteiger partial charge in [0.25, 0.3) is 0 Å². The third-order valence-corrected chi connectivity index (χ3v) is 3.16. The molecular weight excluding hydrogens is 232 g/mol. The topological polar surface area (TPSA) is 102 Å². The van der Waals surface area contributed by atoms with Gasteiger partial charge in [0.05, 0.1) is 6.26 Å². The number of rotatable bonds is 5. The number of nitrogens with zero attached hydrogens (tertiary/aromatic N) is 1. The highest BCUT2D eigenvalue weighted by atomic mass is 32.2. The summed E-state index contributed by atoms with van der Waals surface area (Å²) < 4.78 is 23.4. The third kappa shape index (κ3) is 3.35. The predicted molar refractivity (Wildman–Crippen MR) is 58.5 cm³/mol. The van der Waals surface area contributed by atoms with Crippen LogP contribution in [-0.2, 0) is 14.8 Å². The molecule has 90 valence electrons. The number of hydrogen-bond donors (Lipinski definition) is 2. The van der Waals surface area contributed by atoms with E-state index in [9.17, 15) is 13.2 Å². The molecule has 0 aliphatic rings. The number of carbonyl (C=O) groups is 1. The number of carboxylic acids is 1. The van der Waals surface area contributed by atoms with Gasteiger partial charge in [-0.05, 0) is 18.1 Å². The van der Waals surface area contributed by atoms with Crippen molar-refractivity contribution < 1.29 is 18.3 Å². The van der Waals surface area contributed by atoms with E-state index in [2.05, 4.69) is 0 Å². The lowest BCUT2D eigenvalue weighted by atomic mass is 10.1. The lowest BCUT2D eigenvalue weighted by Crippen LogP contribution is -2.12. The van der Waals surface area contributed by atoms with Crippen molar-refractivity contribution in [2.75, 3.05) is 6.26 Å². The molecule has 0 aliphatic carbocycles. The van der Waals surface area contributed by atoms with E-state index in [0.717, 1.165) is 10.2 Å². The van der Waals surface area contributed by atoms with Crippen LogP contribution in [0.4, 0.5) is 0 Å². The summed E-state index contributed by atoms with van der Waals surface area (Å²) in [4.78, 5) is 10.3. The van der Waals surface area contributed by atoms with Crippen molar-refractivity contribution in [1.29, 1.82) is 0 Å². The zero-order chi connectivity index (χ0) is 12.3. The number of aromatic nitrogens is 1. The highest BCUT2D eigenvalue weighted by Gasteiger charge is 2.12. The molecule has 0 saturated heterocycles. The van der Waals surface area contributed by atoms with Crippen LogP contribution in [0.3, 0.4) is 0 Å². The zero-order valence-corrected chi connectivity index (χ0v) is 9.64. The molecule has 0 aliphatic heterocycles. The van der Waals surface area contributed by atoms with E-state index in [1.54, 1.807) is 6.07 Å². The fraction of sp³-hybridized carbons (Fsp3) is 0.444. The Kier molecular flexibility index (Phi) is 3.71. The first-order valence-electron chi connectivity index (χ1n) is 4.66. The Balaban J connectivity index is 2.74. The second kappa shape index (κ2) is 4.67. The summed E-state index contributed by atoms with van der Waals surface area (Å²) in [6.07, 6.45) is 4.13. The fourth-order valence-electron chi connectivity index (χ4n) is 1.26. The average Bonchev–Trinajstić information content (AvgIpc) is 2.61. The lowest BCUT2D eigenvalue weighted by Gasteiger charge is -2.07. The highest BCUT2D eigenvalue weighted by Crippen LogP contribution is 2.16. The standard InChI is InChI=1S/C9H14N2O4S/c1-16(14,15)11-5-4-7(6-11)8(10)2-3-9(12)13/h4-6,8H,2-3,10H2,1H3,(H,12,13). The van der Waals surface area contributed by atoms with Crippen LogP contribution in [0.5, 0.6) is 0 Å². The average molecular weight is 246 g/mol. The molecule has 6 nitrogen and oxygen atoms in total. The van der Waals surface area contributed by atoms with E-state index in [4.69, 9.17) is 10.8 Å². The van der Waals surface area contributed by atoms with Gasteiger partial charge in [0.1, 0.15) is 0 Å². The molecule has 7 heteroatoms. The van der Waals surface area contributed by atoms with Crippen LogP contribution < -0.4 is 5.73 Å². The second-order valence-electron chi connectivity index (χ2n) is 3.58. The first-order valence-corrected chi connectivity index (χ1v) is 6.51. The van der Waals surface area contributed by atoms with Gasteiger partial charge >= 0.3 is 5.97 Å². The van der Waals surface area contributed by atoms with Gasteiger partial charge in [-0.1, -0.05) is 0 Å². The number of aliphatic carboxylic acids is 1. The Bertz CT molecular complexity index is 477. The van der Waals surface area contributed by atoms with Crippen molar-refractivity contribution in [3.05, 3.63) is 24.0 Å². The van der Waals surface area contributed by atoms with Crippen LogP contribution >= 0.6 is 0 Å². The van der Waals surface area contributed by atoms with Gasteiger partial charge in [0.2, 0.25) is 10.0 Å². The summed E-state index contributed by atoms with van der Waals surface area (Å²) >= 11 is 0. The molecule has 0 saturated carbocycles. The van der Waals surface area contributed by atoms with Gasteiger partial charge in [0, 0.05) is 24.9 Å². The SMILES string of the molecule is CS(=O)(=O)n1ccc(C(N)CCC(=O)O)c1. The molecule has 0 aromatic carbocycles. The number of carboxylic acid groups (broad SMARTS) is 1. The minimum absolute atomic E-state index is 0.0365. The van der Waals surface area contributed by atoms with Gasteiger partial charge in [-0.2, -0.15) is 0 Å². The van der Waals surface area contributed by atoms with Crippen LogP contribution in [-0.4, -0.2) is 29.7 Å². The monoisotopic (exact) mass is 246 g/mol. The molecule has 1 heterocycles. The normalized spacial score (nSPS) is 13.6. The molecule has 16 heavy (non-hydrogen) atoms. The molecule has 0 radical (unpaired) electrons. The van der Waals surface area contributed by atoms with Crippen molar-refractivity contribution in [1.82, 2.24) is 3.97 Å². The Labute approximate surface area is 93.7 Å². The van der Waals surface area contributed by atoms with E-state index in [-0.39, 0.29) is 12.8 Å². The minimum Gasteiger partial charge on any atom is -0.481 e. The lowest BCUT2D eigenvalue weighted by molar-refractivity contribution is -0.137. The molecule has 0 bridgehead atoms. The molecule has 1 aromatic rings. The molecule has 1 rings (SSSR count). The summed E-state index contributed by atoms with van der Waals surface area (Å²) in [5.74, 6) is -0.919. The maximum Gasteiger partial charge on any atom is 0.303 e. The fourth-order valence-corrected chi connectivity index (χ4v) is 1.86. The maximum atomic E-state index is 11.2. The zero-order valence-electron chi connectivity index (χ0n) is 8.83. The molecule has 1 atom stereocenters. The molecule has 1 unspecified atom stereocenters. The Morgan fingerprint density at radius 3 is 2.69 bits per heavy atom. The van der Waals surface area contributed by atoms with Gasteiger partial charge in [-0.3, -0.25) is 8.77 Å². The summed E-state index contributed by atoms with van der Waals surface area (Å²) in [5, 5.41) is 8.49. The van der Waals surface area contributed by atoms with E-state index < -0.39 is 22.0 Å². The van der Waals surface area contributed by atoms with Crippen molar-refractivity contribution in [2.45, 2.75) is 18.9 Å². The largest absolute Gasteiger partial charge is 0.481 e. The summed E-state index contributed by atoms with van der Waals surface area (Å²) in [6, 6.07) is 1.12. The van der Waals surface area contributed by atoms with Crippen LogP contribution in [0, 0.1) is 0 Å². The highest BCUT2D eigenvalue weighted by molar-refractivity contribution is 7.89. The summed E-state index contributed by atoms with van der Waals surface area (Å²) in [6.45, 7) is 0.